The summed E-state index contributed by atoms with van der Waals surface area (Å²) in [5, 5.41) is -0.370. The number of piperidine rings is 1. The fraction of sp³-hybridized carbons (Fsp3) is 0.500. The Kier molecular flexibility index (Phi) is 4.57. The predicted molar refractivity (Wildman–Crippen MR) is 89.7 cm³/mol. The summed E-state index contributed by atoms with van der Waals surface area (Å²) in [7, 11) is -3.31. The molecule has 124 valence electrons. The lowest BCUT2D eigenvalue weighted by atomic mass is 10.0. The quantitative estimate of drug-likeness (QED) is 0.779. The molecule has 2 saturated heterocycles. The number of fused-ring (bicyclic) bond motifs is 2. The molecule has 1 amide bonds. The van der Waals surface area contributed by atoms with E-state index in [9.17, 15) is 13.2 Å². The van der Waals surface area contributed by atoms with Crippen molar-refractivity contribution >= 4 is 15.7 Å². The zero-order valence-corrected chi connectivity index (χ0v) is 14.0. The second-order valence-corrected chi connectivity index (χ2v) is 8.69. The number of rotatable bonds is 5. The van der Waals surface area contributed by atoms with Crippen molar-refractivity contribution in [3.63, 3.8) is 0 Å². The molecular formula is C18H23NO3S. The van der Waals surface area contributed by atoms with E-state index in [1.165, 1.54) is 0 Å². The molecule has 0 aromatic heterocycles. The molecule has 5 heteroatoms. The topological polar surface area (TPSA) is 54.5 Å². The third-order valence-corrected chi connectivity index (χ3v) is 7.24. The lowest BCUT2D eigenvalue weighted by Crippen LogP contribution is -2.49. The normalized spacial score (nSPS) is 27.0. The van der Waals surface area contributed by atoms with Crippen LogP contribution in [0.3, 0.4) is 0 Å². The van der Waals surface area contributed by atoms with Crippen LogP contribution >= 0.6 is 0 Å². The second-order valence-electron chi connectivity index (χ2n) is 6.46. The highest BCUT2D eigenvalue weighted by atomic mass is 32.2. The standard InChI is InChI=1S/C18H23NO3S/c1-2-3-9-18(20)19-14-10-11-15(19)13-17(12-14)23(21,22)16-7-5-4-6-8-16/h2,4-8,14-15,17H,1,3,9-13H2/t14-,15+,17?. The van der Waals surface area contributed by atoms with Gasteiger partial charge in [-0.05, 0) is 44.2 Å². The number of allylic oxidation sites excluding steroid dienone is 1. The van der Waals surface area contributed by atoms with Gasteiger partial charge in [-0.15, -0.1) is 6.58 Å². The van der Waals surface area contributed by atoms with E-state index in [-0.39, 0.29) is 23.2 Å². The van der Waals surface area contributed by atoms with Gasteiger partial charge in [0.05, 0.1) is 10.1 Å². The number of hydrogen-bond acceptors (Lipinski definition) is 3. The van der Waals surface area contributed by atoms with E-state index in [1.807, 2.05) is 11.0 Å². The molecule has 1 aromatic rings. The van der Waals surface area contributed by atoms with Crippen molar-refractivity contribution < 1.29 is 13.2 Å². The van der Waals surface area contributed by atoms with Crippen LogP contribution in [0.5, 0.6) is 0 Å². The van der Waals surface area contributed by atoms with Crippen LogP contribution in [0, 0.1) is 0 Å². The molecule has 23 heavy (non-hydrogen) atoms. The van der Waals surface area contributed by atoms with Crippen LogP contribution in [0.4, 0.5) is 0 Å². The SMILES string of the molecule is C=CCCC(=O)N1[C@@H]2CC[C@H]1CC(S(=O)(=O)c1ccccc1)C2. The van der Waals surface area contributed by atoms with E-state index in [0.29, 0.717) is 30.6 Å². The van der Waals surface area contributed by atoms with Gasteiger partial charge >= 0.3 is 0 Å². The Morgan fingerprint density at radius 1 is 1.17 bits per heavy atom. The average molecular weight is 333 g/mol. The molecule has 0 saturated carbocycles. The molecule has 3 atom stereocenters. The summed E-state index contributed by atoms with van der Waals surface area (Å²) in [4.78, 5) is 14.7. The Labute approximate surface area is 138 Å². The zero-order chi connectivity index (χ0) is 16.4. The molecular weight excluding hydrogens is 310 g/mol. The minimum Gasteiger partial charge on any atom is -0.337 e. The van der Waals surface area contributed by atoms with Crippen molar-refractivity contribution in [2.75, 3.05) is 0 Å². The first-order valence-corrected chi connectivity index (χ1v) is 9.79. The highest BCUT2D eigenvalue weighted by Gasteiger charge is 2.46. The first-order valence-electron chi connectivity index (χ1n) is 8.25. The fourth-order valence-corrected chi connectivity index (χ4v) is 5.82. The highest BCUT2D eigenvalue weighted by Crippen LogP contribution is 2.40. The lowest BCUT2D eigenvalue weighted by Gasteiger charge is -2.38. The molecule has 0 radical (unpaired) electrons. The number of sulfone groups is 1. The number of hydrogen-bond donors (Lipinski definition) is 0. The van der Waals surface area contributed by atoms with E-state index in [4.69, 9.17) is 0 Å². The monoisotopic (exact) mass is 333 g/mol. The van der Waals surface area contributed by atoms with Gasteiger partial charge < -0.3 is 4.90 Å². The number of carbonyl (C=O) groups is 1. The van der Waals surface area contributed by atoms with Gasteiger partial charge in [-0.2, -0.15) is 0 Å². The summed E-state index contributed by atoms with van der Waals surface area (Å²) >= 11 is 0. The Morgan fingerprint density at radius 2 is 1.78 bits per heavy atom. The predicted octanol–water partition coefficient (Wildman–Crippen LogP) is 2.95. The average Bonchev–Trinajstić information content (AvgIpc) is 2.83. The van der Waals surface area contributed by atoms with Gasteiger partial charge in [0.1, 0.15) is 0 Å². The molecule has 3 rings (SSSR count). The molecule has 2 heterocycles. The van der Waals surface area contributed by atoms with Gasteiger partial charge in [-0.25, -0.2) is 8.42 Å². The summed E-state index contributed by atoms with van der Waals surface area (Å²) in [5.41, 5.74) is 0. The van der Waals surface area contributed by atoms with Gasteiger partial charge in [-0.1, -0.05) is 24.3 Å². The maximum absolute atomic E-state index is 12.8. The molecule has 1 unspecified atom stereocenters. The molecule has 2 aliphatic rings. The fourth-order valence-electron chi connectivity index (χ4n) is 3.94. The van der Waals surface area contributed by atoms with Gasteiger partial charge in [0.2, 0.25) is 5.91 Å². The van der Waals surface area contributed by atoms with Crippen molar-refractivity contribution in [1.29, 1.82) is 0 Å². The van der Waals surface area contributed by atoms with Crippen LogP contribution in [-0.2, 0) is 14.6 Å². The van der Waals surface area contributed by atoms with Gasteiger partial charge in [-0.3, -0.25) is 4.79 Å². The van der Waals surface area contributed by atoms with Crippen molar-refractivity contribution in [2.24, 2.45) is 0 Å². The molecule has 1 aromatic carbocycles. The van der Waals surface area contributed by atoms with Crippen LogP contribution in [0.15, 0.2) is 47.9 Å². The van der Waals surface area contributed by atoms with Crippen LogP contribution in [0.25, 0.3) is 0 Å². The maximum atomic E-state index is 12.8. The van der Waals surface area contributed by atoms with Crippen LogP contribution in [0.1, 0.15) is 38.5 Å². The maximum Gasteiger partial charge on any atom is 0.223 e. The summed E-state index contributed by atoms with van der Waals surface area (Å²) in [5.74, 6) is 0.146. The third-order valence-electron chi connectivity index (χ3n) is 5.05. The van der Waals surface area contributed by atoms with Crippen LogP contribution in [0.2, 0.25) is 0 Å². The number of benzene rings is 1. The van der Waals surface area contributed by atoms with Gasteiger partial charge in [0, 0.05) is 18.5 Å². The summed E-state index contributed by atoms with van der Waals surface area (Å²) < 4.78 is 25.7. The van der Waals surface area contributed by atoms with E-state index in [0.717, 1.165) is 12.8 Å². The first-order chi connectivity index (χ1) is 11.0. The third kappa shape index (κ3) is 3.07. The van der Waals surface area contributed by atoms with Crippen LogP contribution < -0.4 is 0 Å². The Morgan fingerprint density at radius 3 is 2.35 bits per heavy atom. The zero-order valence-electron chi connectivity index (χ0n) is 13.2. The molecule has 4 nitrogen and oxygen atoms in total. The summed E-state index contributed by atoms with van der Waals surface area (Å²) in [6.07, 6.45) is 5.89. The Hall–Kier alpha value is -1.62. The van der Waals surface area contributed by atoms with Crippen molar-refractivity contribution in [3.05, 3.63) is 43.0 Å². The minimum absolute atomic E-state index is 0.0783. The number of amides is 1. The van der Waals surface area contributed by atoms with Gasteiger partial charge in [0.25, 0.3) is 0 Å². The van der Waals surface area contributed by atoms with Crippen molar-refractivity contribution in [2.45, 2.75) is 60.8 Å². The smallest absolute Gasteiger partial charge is 0.223 e. The number of carbonyl (C=O) groups excluding carboxylic acids is 1. The van der Waals surface area contributed by atoms with Crippen LogP contribution in [-0.4, -0.2) is 36.6 Å². The summed E-state index contributed by atoms with van der Waals surface area (Å²) in [6.45, 7) is 3.66. The summed E-state index contributed by atoms with van der Waals surface area (Å²) in [6, 6.07) is 8.83. The van der Waals surface area contributed by atoms with E-state index in [1.54, 1.807) is 30.3 Å². The van der Waals surface area contributed by atoms with E-state index < -0.39 is 9.84 Å². The van der Waals surface area contributed by atoms with Crippen molar-refractivity contribution in [1.82, 2.24) is 4.90 Å². The molecule has 2 aliphatic heterocycles. The second kappa shape index (κ2) is 6.48. The van der Waals surface area contributed by atoms with E-state index >= 15 is 0 Å². The largest absolute Gasteiger partial charge is 0.337 e. The first kappa shape index (κ1) is 16.2. The Bertz CT molecular complexity index is 669. The minimum atomic E-state index is -3.31. The lowest BCUT2D eigenvalue weighted by molar-refractivity contribution is -0.135. The molecule has 0 aliphatic carbocycles. The molecule has 2 fully saturated rings. The van der Waals surface area contributed by atoms with Gasteiger partial charge in [0.15, 0.2) is 9.84 Å². The van der Waals surface area contributed by atoms with E-state index in [2.05, 4.69) is 6.58 Å². The highest BCUT2D eigenvalue weighted by molar-refractivity contribution is 7.92. The molecule has 2 bridgehead atoms. The molecule has 0 N–H and O–H groups in total. The van der Waals surface area contributed by atoms with Crippen molar-refractivity contribution in [3.8, 4) is 0 Å². The number of nitrogens with zero attached hydrogens (tertiary/aromatic N) is 1. The molecule has 0 spiro atoms. The Balaban J connectivity index is 1.76.